The van der Waals surface area contributed by atoms with Gasteiger partial charge in [-0.3, -0.25) is 9.97 Å². The molecule has 2 heterocycles. The predicted octanol–water partition coefficient (Wildman–Crippen LogP) is 5.69. The van der Waals surface area contributed by atoms with E-state index in [0.717, 1.165) is 29.6 Å². The van der Waals surface area contributed by atoms with Gasteiger partial charge >= 0.3 is 0 Å². The summed E-state index contributed by atoms with van der Waals surface area (Å²) in [6.45, 7) is 4.45. The van der Waals surface area contributed by atoms with Crippen LogP contribution in [0.4, 0.5) is 0 Å². The minimum atomic E-state index is 0.484. The number of fused-ring (bicyclic) bond motifs is 2. The molecule has 0 radical (unpaired) electrons. The summed E-state index contributed by atoms with van der Waals surface area (Å²) in [5.74, 6) is 0.484. The van der Waals surface area contributed by atoms with Crippen LogP contribution in [0.15, 0.2) is 66.9 Å². The van der Waals surface area contributed by atoms with Crippen LogP contribution >= 0.6 is 0 Å². The van der Waals surface area contributed by atoms with Gasteiger partial charge in [0.25, 0.3) is 0 Å². The van der Waals surface area contributed by atoms with Crippen LogP contribution in [-0.2, 0) is 12.8 Å². The summed E-state index contributed by atoms with van der Waals surface area (Å²) in [5, 5.41) is 2.42. The van der Waals surface area contributed by atoms with E-state index < -0.39 is 0 Å². The number of hydrogen-bond acceptors (Lipinski definition) is 2. The Kier molecular flexibility index (Phi) is 4.19. The third kappa shape index (κ3) is 3.25. The molecule has 0 fully saturated rings. The summed E-state index contributed by atoms with van der Waals surface area (Å²) in [6.07, 6.45) is 3.78. The highest BCUT2D eigenvalue weighted by Crippen LogP contribution is 2.24. The average Bonchev–Trinajstić information content (AvgIpc) is 2.65. The van der Waals surface area contributed by atoms with Gasteiger partial charge in [0.1, 0.15) is 0 Å². The molecule has 2 nitrogen and oxygen atoms in total. The highest BCUT2D eigenvalue weighted by atomic mass is 14.7. The van der Waals surface area contributed by atoms with Gasteiger partial charge in [-0.05, 0) is 48.1 Å². The molecule has 0 N–H and O–H groups in total. The molecule has 0 amide bonds. The lowest BCUT2D eigenvalue weighted by atomic mass is 9.99. The maximum atomic E-state index is 4.96. The van der Waals surface area contributed by atoms with Crippen LogP contribution in [0.5, 0.6) is 0 Å². The maximum absolute atomic E-state index is 4.96. The lowest BCUT2D eigenvalue weighted by Gasteiger charge is -2.10. The molecule has 0 aliphatic carbocycles. The zero-order chi connectivity index (χ0) is 17.2. The van der Waals surface area contributed by atoms with E-state index in [-0.39, 0.29) is 0 Å². The summed E-state index contributed by atoms with van der Waals surface area (Å²) < 4.78 is 0. The summed E-state index contributed by atoms with van der Waals surface area (Å²) in [5.41, 5.74) is 6.00. The van der Waals surface area contributed by atoms with Crippen LogP contribution in [0.2, 0.25) is 0 Å². The first-order chi connectivity index (χ1) is 12.2. The summed E-state index contributed by atoms with van der Waals surface area (Å²) >= 11 is 0. The van der Waals surface area contributed by atoms with E-state index in [1.165, 1.54) is 21.9 Å². The molecular formula is C23H22N2. The summed E-state index contributed by atoms with van der Waals surface area (Å²) in [7, 11) is 0. The van der Waals surface area contributed by atoms with Crippen molar-refractivity contribution in [3.8, 4) is 0 Å². The zero-order valence-electron chi connectivity index (χ0n) is 14.7. The Morgan fingerprint density at radius 1 is 0.840 bits per heavy atom. The molecule has 0 unspecified atom stereocenters. The van der Waals surface area contributed by atoms with Crippen LogP contribution < -0.4 is 0 Å². The summed E-state index contributed by atoms with van der Waals surface area (Å²) in [6, 6.07) is 21.4. The van der Waals surface area contributed by atoms with Crippen molar-refractivity contribution in [1.29, 1.82) is 0 Å². The SMILES string of the molecule is CC(C)c1cccc2ccc(CCc3ccc4cccnc4c3)nc12. The Morgan fingerprint density at radius 3 is 2.56 bits per heavy atom. The number of pyridine rings is 2. The first kappa shape index (κ1) is 15.8. The number of para-hydroxylation sites is 1. The van der Waals surface area contributed by atoms with Crippen LogP contribution in [0.1, 0.15) is 36.6 Å². The Bertz CT molecular complexity index is 1030. The molecular weight excluding hydrogens is 304 g/mol. The molecule has 4 rings (SSSR count). The van der Waals surface area contributed by atoms with Crippen molar-refractivity contribution in [3.63, 3.8) is 0 Å². The van der Waals surface area contributed by atoms with Crippen molar-refractivity contribution in [2.24, 2.45) is 0 Å². The molecule has 2 aromatic heterocycles. The molecule has 25 heavy (non-hydrogen) atoms. The van der Waals surface area contributed by atoms with E-state index in [0.29, 0.717) is 5.92 Å². The molecule has 0 aliphatic heterocycles. The second-order valence-corrected chi connectivity index (χ2v) is 6.91. The Hall–Kier alpha value is -2.74. The average molecular weight is 326 g/mol. The first-order valence-electron chi connectivity index (χ1n) is 8.93. The second kappa shape index (κ2) is 6.64. The second-order valence-electron chi connectivity index (χ2n) is 6.91. The standard InChI is InChI=1S/C23H22N2/c1-16(2)21-7-3-5-19-11-13-20(25-23(19)21)12-9-17-8-10-18-6-4-14-24-22(18)15-17/h3-8,10-11,13-16H,9,12H2,1-2H3. The van der Waals surface area contributed by atoms with E-state index in [4.69, 9.17) is 4.98 Å². The normalized spacial score (nSPS) is 11.5. The Balaban J connectivity index is 1.60. The van der Waals surface area contributed by atoms with Gasteiger partial charge in [0.05, 0.1) is 11.0 Å². The Labute approximate surface area is 148 Å². The number of benzene rings is 2. The van der Waals surface area contributed by atoms with E-state index in [1.807, 2.05) is 12.3 Å². The highest BCUT2D eigenvalue weighted by molar-refractivity contribution is 5.82. The van der Waals surface area contributed by atoms with Gasteiger partial charge in [-0.1, -0.05) is 56.3 Å². The van der Waals surface area contributed by atoms with E-state index >= 15 is 0 Å². The van der Waals surface area contributed by atoms with Gasteiger partial charge in [-0.2, -0.15) is 0 Å². The zero-order valence-corrected chi connectivity index (χ0v) is 14.7. The van der Waals surface area contributed by atoms with Crippen LogP contribution in [-0.4, -0.2) is 9.97 Å². The fourth-order valence-electron chi connectivity index (χ4n) is 3.36. The minimum absolute atomic E-state index is 0.484. The third-order valence-corrected chi connectivity index (χ3v) is 4.77. The molecule has 4 aromatic rings. The quantitative estimate of drug-likeness (QED) is 0.481. The van der Waals surface area contributed by atoms with Crippen LogP contribution in [0, 0.1) is 0 Å². The van der Waals surface area contributed by atoms with Crippen molar-refractivity contribution in [2.45, 2.75) is 32.6 Å². The molecule has 124 valence electrons. The predicted molar refractivity (Wildman–Crippen MR) is 105 cm³/mol. The topological polar surface area (TPSA) is 25.8 Å². The maximum Gasteiger partial charge on any atom is 0.0739 e. The fourth-order valence-corrected chi connectivity index (χ4v) is 3.36. The lowest BCUT2D eigenvalue weighted by molar-refractivity contribution is 0.867. The van der Waals surface area contributed by atoms with Gasteiger partial charge in [-0.25, -0.2) is 0 Å². The van der Waals surface area contributed by atoms with Crippen LogP contribution in [0.3, 0.4) is 0 Å². The fraction of sp³-hybridized carbons (Fsp3) is 0.217. The molecule has 0 aliphatic rings. The number of rotatable bonds is 4. The van der Waals surface area contributed by atoms with Crippen LogP contribution in [0.25, 0.3) is 21.8 Å². The van der Waals surface area contributed by atoms with Crippen molar-refractivity contribution < 1.29 is 0 Å². The molecule has 2 aromatic carbocycles. The molecule has 0 saturated carbocycles. The minimum Gasteiger partial charge on any atom is -0.256 e. The lowest BCUT2D eigenvalue weighted by Crippen LogP contribution is -1.98. The molecule has 2 heteroatoms. The largest absolute Gasteiger partial charge is 0.256 e. The molecule has 0 saturated heterocycles. The number of aromatic nitrogens is 2. The van der Waals surface area contributed by atoms with Gasteiger partial charge in [0, 0.05) is 22.7 Å². The number of nitrogens with zero attached hydrogens (tertiary/aromatic N) is 2. The van der Waals surface area contributed by atoms with Gasteiger partial charge in [-0.15, -0.1) is 0 Å². The first-order valence-corrected chi connectivity index (χ1v) is 8.93. The van der Waals surface area contributed by atoms with E-state index in [1.54, 1.807) is 0 Å². The van der Waals surface area contributed by atoms with Crippen molar-refractivity contribution in [2.75, 3.05) is 0 Å². The Morgan fingerprint density at radius 2 is 1.68 bits per heavy atom. The van der Waals surface area contributed by atoms with Gasteiger partial charge in [0.2, 0.25) is 0 Å². The number of aryl methyl sites for hydroxylation is 2. The van der Waals surface area contributed by atoms with Crippen molar-refractivity contribution in [3.05, 3.63) is 83.7 Å². The van der Waals surface area contributed by atoms with Gasteiger partial charge < -0.3 is 0 Å². The van der Waals surface area contributed by atoms with Crippen molar-refractivity contribution in [1.82, 2.24) is 9.97 Å². The van der Waals surface area contributed by atoms with E-state index in [9.17, 15) is 0 Å². The molecule has 0 bridgehead atoms. The third-order valence-electron chi connectivity index (χ3n) is 4.77. The molecule has 0 spiro atoms. The highest BCUT2D eigenvalue weighted by Gasteiger charge is 2.07. The number of hydrogen-bond donors (Lipinski definition) is 0. The van der Waals surface area contributed by atoms with Crippen molar-refractivity contribution >= 4 is 21.8 Å². The van der Waals surface area contributed by atoms with E-state index in [2.05, 4.69) is 73.4 Å². The monoisotopic (exact) mass is 326 g/mol. The summed E-state index contributed by atoms with van der Waals surface area (Å²) in [4.78, 5) is 9.41. The smallest absolute Gasteiger partial charge is 0.0739 e. The molecule has 0 atom stereocenters. The van der Waals surface area contributed by atoms with Gasteiger partial charge in [0.15, 0.2) is 0 Å².